The maximum atomic E-state index is 12.0. The number of halogens is 5. The zero-order valence-electron chi connectivity index (χ0n) is 8.30. The summed E-state index contributed by atoms with van der Waals surface area (Å²) in [5.41, 5.74) is 0.160. The molecule has 0 bridgehead atoms. The van der Waals surface area contributed by atoms with E-state index in [0.717, 1.165) is 12.1 Å². The largest absolute Gasteiger partial charge is 0.573 e. The Kier molecular flexibility index (Phi) is 5.00. The Balaban J connectivity index is 2.90. The molecule has 0 aliphatic heterocycles. The molecule has 0 aliphatic rings. The van der Waals surface area contributed by atoms with Gasteiger partial charge in [-0.15, -0.1) is 13.2 Å². The van der Waals surface area contributed by atoms with E-state index in [-0.39, 0.29) is 11.3 Å². The van der Waals surface area contributed by atoms with Gasteiger partial charge in [-0.3, -0.25) is 4.79 Å². The van der Waals surface area contributed by atoms with E-state index in [4.69, 9.17) is 0 Å². The average molecular weight is 376 g/mol. The molecule has 0 spiro atoms. The molecule has 0 N–H and O–H groups in total. The van der Waals surface area contributed by atoms with E-state index in [1.165, 1.54) is 12.1 Å². The van der Waals surface area contributed by atoms with Crippen LogP contribution in [-0.4, -0.2) is 22.3 Å². The minimum atomic E-state index is -4.76. The lowest BCUT2D eigenvalue weighted by Crippen LogP contribution is -2.18. The van der Waals surface area contributed by atoms with Crippen molar-refractivity contribution in [1.29, 1.82) is 0 Å². The SMILES string of the molecule is O=C(c1cccc(OC(F)(F)F)c1)C(Br)CBr. The molecule has 94 valence electrons. The van der Waals surface area contributed by atoms with Gasteiger partial charge in [0.2, 0.25) is 0 Å². The third-order valence-corrected chi connectivity index (χ3v) is 4.03. The van der Waals surface area contributed by atoms with Gasteiger partial charge in [-0.2, -0.15) is 0 Å². The van der Waals surface area contributed by atoms with Crippen LogP contribution in [0.3, 0.4) is 0 Å². The maximum Gasteiger partial charge on any atom is 0.573 e. The Morgan fingerprint density at radius 2 is 2.06 bits per heavy atom. The molecule has 0 saturated carbocycles. The van der Waals surface area contributed by atoms with Crippen LogP contribution in [0.25, 0.3) is 0 Å². The molecule has 0 heterocycles. The van der Waals surface area contributed by atoms with Crippen molar-refractivity contribution in [2.24, 2.45) is 0 Å². The molecule has 1 aromatic rings. The Morgan fingerprint density at radius 1 is 1.41 bits per heavy atom. The Morgan fingerprint density at radius 3 is 2.59 bits per heavy atom. The van der Waals surface area contributed by atoms with Crippen molar-refractivity contribution in [3.05, 3.63) is 29.8 Å². The van der Waals surface area contributed by atoms with E-state index >= 15 is 0 Å². The predicted molar refractivity (Wildman–Crippen MR) is 64.0 cm³/mol. The highest BCUT2D eigenvalue weighted by molar-refractivity contribution is 9.12. The maximum absolute atomic E-state index is 12.0. The van der Waals surface area contributed by atoms with Gasteiger partial charge in [-0.1, -0.05) is 44.0 Å². The minimum absolute atomic E-state index is 0.160. The third kappa shape index (κ3) is 4.67. The fourth-order valence-corrected chi connectivity index (χ4v) is 1.66. The van der Waals surface area contributed by atoms with Crippen LogP contribution in [0.5, 0.6) is 5.75 Å². The summed E-state index contributed by atoms with van der Waals surface area (Å²) in [6.07, 6.45) is -4.76. The molecule has 1 aromatic carbocycles. The molecule has 0 aromatic heterocycles. The van der Waals surface area contributed by atoms with Crippen molar-refractivity contribution in [3.63, 3.8) is 0 Å². The van der Waals surface area contributed by atoms with Gasteiger partial charge >= 0.3 is 6.36 Å². The number of Topliss-reactive ketones (excluding diaryl/α,β-unsaturated/α-hetero) is 1. The first kappa shape index (κ1) is 14.5. The lowest BCUT2D eigenvalue weighted by molar-refractivity contribution is -0.274. The van der Waals surface area contributed by atoms with Gasteiger partial charge in [-0.25, -0.2) is 0 Å². The summed E-state index contributed by atoms with van der Waals surface area (Å²) < 4.78 is 39.7. The second-order valence-electron chi connectivity index (χ2n) is 3.06. The molecule has 0 radical (unpaired) electrons. The first-order valence-electron chi connectivity index (χ1n) is 4.43. The van der Waals surface area contributed by atoms with E-state index in [9.17, 15) is 18.0 Å². The van der Waals surface area contributed by atoms with Gasteiger partial charge in [0.05, 0.1) is 4.83 Å². The normalized spacial score (nSPS) is 13.2. The Labute approximate surface area is 112 Å². The van der Waals surface area contributed by atoms with Gasteiger partial charge in [0.1, 0.15) is 5.75 Å². The monoisotopic (exact) mass is 374 g/mol. The Hall–Kier alpha value is -0.560. The van der Waals surface area contributed by atoms with Crippen LogP contribution in [-0.2, 0) is 0 Å². The highest BCUT2D eigenvalue weighted by atomic mass is 79.9. The van der Waals surface area contributed by atoms with Crippen molar-refractivity contribution >= 4 is 37.6 Å². The number of ketones is 1. The molecular weight excluding hydrogens is 369 g/mol. The number of rotatable bonds is 4. The summed E-state index contributed by atoms with van der Waals surface area (Å²) in [6.45, 7) is 0. The standard InChI is InChI=1S/C10H7Br2F3O2/c11-5-8(12)9(16)6-2-1-3-7(4-6)17-10(13,14)15/h1-4,8H,5H2. The van der Waals surface area contributed by atoms with Gasteiger partial charge < -0.3 is 4.74 Å². The molecule has 1 unspecified atom stereocenters. The predicted octanol–water partition coefficient (Wildman–Crippen LogP) is 3.93. The van der Waals surface area contributed by atoms with Crippen LogP contribution in [0.2, 0.25) is 0 Å². The van der Waals surface area contributed by atoms with Crippen molar-refractivity contribution in [1.82, 2.24) is 0 Å². The van der Waals surface area contributed by atoms with Crippen LogP contribution in [0.15, 0.2) is 24.3 Å². The van der Waals surface area contributed by atoms with Crippen molar-refractivity contribution < 1.29 is 22.7 Å². The lowest BCUT2D eigenvalue weighted by atomic mass is 10.1. The zero-order valence-corrected chi connectivity index (χ0v) is 11.5. The quantitative estimate of drug-likeness (QED) is 0.588. The van der Waals surface area contributed by atoms with E-state index in [2.05, 4.69) is 36.6 Å². The molecule has 0 aliphatic carbocycles. The number of hydrogen-bond donors (Lipinski definition) is 0. The molecular formula is C10H7Br2F3O2. The van der Waals surface area contributed by atoms with Crippen molar-refractivity contribution in [3.8, 4) is 5.75 Å². The van der Waals surface area contributed by atoms with E-state index in [0.29, 0.717) is 5.33 Å². The molecule has 17 heavy (non-hydrogen) atoms. The van der Waals surface area contributed by atoms with Gasteiger partial charge in [0.15, 0.2) is 5.78 Å². The fraction of sp³-hybridized carbons (Fsp3) is 0.300. The first-order valence-corrected chi connectivity index (χ1v) is 6.47. The summed E-state index contributed by atoms with van der Waals surface area (Å²) in [6, 6.07) is 4.97. The average Bonchev–Trinajstić information content (AvgIpc) is 2.25. The van der Waals surface area contributed by atoms with Crippen molar-refractivity contribution in [2.45, 2.75) is 11.2 Å². The molecule has 1 atom stereocenters. The Bertz CT molecular complexity index is 407. The molecule has 0 fully saturated rings. The van der Waals surface area contributed by atoms with Gasteiger partial charge in [0.25, 0.3) is 0 Å². The molecule has 7 heteroatoms. The summed E-state index contributed by atoms with van der Waals surface area (Å²) in [7, 11) is 0. The van der Waals surface area contributed by atoms with Gasteiger partial charge in [0, 0.05) is 10.9 Å². The minimum Gasteiger partial charge on any atom is -0.406 e. The number of alkyl halides is 5. The highest BCUT2D eigenvalue weighted by Crippen LogP contribution is 2.24. The highest BCUT2D eigenvalue weighted by Gasteiger charge is 2.31. The van der Waals surface area contributed by atoms with E-state index < -0.39 is 16.9 Å². The number of ether oxygens (including phenoxy) is 1. The fourth-order valence-electron chi connectivity index (χ4n) is 1.10. The summed E-state index contributed by atoms with van der Waals surface area (Å²) in [4.78, 5) is 11.2. The second-order valence-corrected chi connectivity index (χ2v) is 4.81. The van der Waals surface area contributed by atoms with Crippen LogP contribution in [0.4, 0.5) is 13.2 Å². The smallest absolute Gasteiger partial charge is 0.406 e. The molecule has 2 nitrogen and oxygen atoms in total. The summed E-state index contributed by atoms with van der Waals surface area (Å²) >= 11 is 6.21. The van der Waals surface area contributed by atoms with Crippen LogP contribution in [0, 0.1) is 0 Å². The molecule has 0 amide bonds. The first-order chi connectivity index (χ1) is 7.83. The summed E-state index contributed by atoms with van der Waals surface area (Å²) in [5, 5.41) is 0.371. The second kappa shape index (κ2) is 5.86. The number of benzene rings is 1. The van der Waals surface area contributed by atoms with E-state index in [1.807, 2.05) is 0 Å². The summed E-state index contributed by atoms with van der Waals surface area (Å²) in [5.74, 6) is -0.716. The van der Waals surface area contributed by atoms with Crippen LogP contribution < -0.4 is 4.74 Å². The van der Waals surface area contributed by atoms with E-state index in [1.54, 1.807) is 0 Å². The number of carbonyl (C=O) groups is 1. The van der Waals surface area contributed by atoms with Crippen molar-refractivity contribution in [2.75, 3.05) is 5.33 Å². The third-order valence-electron chi connectivity index (χ3n) is 1.77. The lowest BCUT2D eigenvalue weighted by Gasteiger charge is -2.10. The number of hydrogen-bond acceptors (Lipinski definition) is 2. The number of carbonyl (C=O) groups excluding carboxylic acids is 1. The van der Waals surface area contributed by atoms with Gasteiger partial charge in [-0.05, 0) is 12.1 Å². The molecule has 0 saturated heterocycles. The topological polar surface area (TPSA) is 26.3 Å². The van der Waals surface area contributed by atoms with Crippen LogP contribution >= 0.6 is 31.9 Å². The zero-order chi connectivity index (χ0) is 13.1. The molecule has 1 rings (SSSR count). The van der Waals surface area contributed by atoms with Crippen LogP contribution in [0.1, 0.15) is 10.4 Å².